The van der Waals surface area contributed by atoms with Crippen molar-refractivity contribution in [3.63, 3.8) is 0 Å². The van der Waals surface area contributed by atoms with Gasteiger partial charge in [-0.25, -0.2) is 18.9 Å². The Morgan fingerprint density at radius 3 is 2.58 bits per heavy atom. The lowest BCUT2D eigenvalue weighted by Gasteiger charge is -2.41. The quantitative estimate of drug-likeness (QED) is 0.189. The molecule has 2 rings (SSSR count). The van der Waals surface area contributed by atoms with Crippen LogP contribution in [-0.2, 0) is 19.1 Å². The highest BCUT2D eigenvalue weighted by molar-refractivity contribution is 7.99. The highest BCUT2D eigenvalue weighted by Gasteiger charge is 2.60. The predicted octanol–water partition coefficient (Wildman–Crippen LogP) is 1.76. The van der Waals surface area contributed by atoms with Gasteiger partial charge in [0.05, 0.1) is 18.9 Å². The van der Waals surface area contributed by atoms with Crippen molar-refractivity contribution >= 4 is 29.6 Å². The van der Waals surface area contributed by atoms with E-state index in [0.717, 1.165) is 11.3 Å². The summed E-state index contributed by atoms with van der Waals surface area (Å²) in [7, 11) is 0. The minimum absolute atomic E-state index is 0.153. The number of rotatable bonds is 12. The fraction of sp³-hybridized carbons (Fsp3) is 0.591. The van der Waals surface area contributed by atoms with Crippen LogP contribution in [0.25, 0.3) is 0 Å². The van der Waals surface area contributed by atoms with Gasteiger partial charge in [-0.1, -0.05) is 18.2 Å². The first-order valence-electron chi connectivity index (χ1n) is 10.8. The van der Waals surface area contributed by atoms with Crippen molar-refractivity contribution in [1.82, 2.24) is 0 Å². The normalized spacial score (nSPS) is 22.6. The molecule has 1 amide bonds. The molecule has 172 valence electrons. The zero-order valence-corrected chi connectivity index (χ0v) is 18.9. The Hall–Kier alpha value is -1.94. The molecule has 1 saturated heterocycles. The topological polar surface area (TPSA) is 133 Å². The van der Waals surface area contributed by atoms with E-state index in [0.29, 0.717) is 32.2 Å². The van der Waals surface area contributed by atoms with Gasteiger partial charge in [0.15, 0.2) is 6.04 Å². The van der Waals surface area contributed by atoms with Crippen molar-refractivity contribution in [2.45, 2.75) is 62.0 Å². The number of quaternary nitrogens is 1. The summed E-state index contributed by atoms with van der Waals surface area (Å²) in [6.45, 7) is 2.61. The first-order chi connectivity index (χ1) is 14.9. The lowest BCUT2D eigenvalue weighted by molar-refractivity contribution is -0.872. The number of carboxylic acids is 1. The van der Waals surface area contributed by atoms with Crippen molar-refractivity contribution in [3.05, 3.63) is 30.3 Å². The van der Waals surface area contributed by atoms with Gasteiger partial charge in [-0.15, -0.1) is 11.8 Å². The van der Waals surface area contributed by atoms with Gasteiger partial charge in [-0.3, -0.25) is 0 Å². The average molecular weight is 453 g/mol. The minimum atomic E-state index is -1.08. The largest absolute Gasteiger partial charge is 0.477 e. The van der Waals surface area contributed by atoms with Crippen LogP contribution in [0.2, 0.25) is 0 Å². The van der Waals surface area contributed by atoms with Gasteiger partial charge in [0.25, 0.3) is 0 Å². The number of aliphatic carboxylic acids is 1. The third-order valence-electron chi connectivity index (χ3n) is 5.81. The molecule has 0 radical (unpaired) electrons. The lowest BCUT2D eigenvalue weighted by atomic mass is 10.0. The van der Waals surface area contributed by atoms with Gasteiger partial charge < -0.3 is 21.3 Å². The molecule has 8 nitrogen and oxygen atoms in total. The molecule has 1 aliphatic heterocycles. The summed E-state index contributed by atoms with van der Waals surface area (Å²) in [6.07, 6.45) is 2.66. The van der Waals surface area contributed by atoms with E-state index in [4.69, 9.17) is 16.2 Å². The van der Waals surface area contributed by atoms with E-state index in [1.54, 1.807) is 6.92 Å². The summed E-state index contributed by atoms with van der Waals surface area (Å²) >= 11 is 1.41. The third kappa shape index (κ3) is 6.06. The SMILES string of the molecule is CCOC(=O)C(CSc1ccccc1)[N+]1(C(=O)[C@@H](N)CCCCN)CCC[C@H]1C(=O)O. The molecule has 1 fully saturated rings. The Kier molecular flexibility index (Phi) is 9.95. The molecule has 0 aliphatic carbocycles. The monoisotopic (exact) mass is 452 g/mol. The third-order valence-corrected chi connectivity index (χ3v) is 6.90. The zero-order valence-electron chi connectivity index (χ0n) is 18.1. The fourth-order valence-corrected chi connectivity index (χ4v) is 5.41. The van der Waals surface area contributed by atoms with E-state index in [9.17, 15) is 19.5 Å². The second-order valence-electron chi connectivity index (χ2n) is 7.77. The van der Waals surface area contributed by atoms with Gasteiger partial charge in [-0.05, 0) is 44.9 Å². The highest BCUT2D eigenvalue weighted by Crippen LogP contribution is 2.36. The first kappa shape index (κ1) is 25.3. The molecule has 0 aromatic heterocycles. The number of benzene rings is 1. The Bertz CT molecular complexity index is 748. The number of hydrogen-bond acceptors (Lipinski definition) is 7. The zero-order chi connectivity index (χ0) is 22.9. The number of ether oxygens (including phenoxy) is 1. The number of unbranched alkanes of at least 4 members (excludes halogenated alkanes) is 1. The molecule has 0 spiro atoms. The number of carboxylic acid groups (broad SMARTS) is 1. The number of thioether (sulfide) groups is 1. The molecule has 4 atom stereocenters. The summed E-state index contributed by atoms with van der Waals surface area (Å²) < 4.78 is 4.84. The fourth-order valence-electron chi connectivity index (χ4n) is 4.30. The summed E-state index contributed by atoms with van der Waals surface area (Å²) in [5.74, 6) is -1.80. The number of nitrogens with two attached hydrogens (primary N) is 2. The molecule has 31 heavy (non-hydrogen) atoms. The van der Waals surface area contributed by atoms with E-state index >= 15 is 0 Å². The van der Waals surface area contributed by atoms with Crippen molar-refractivity contribution in [1.29, 1.82) is 0 Å². The van der Waals surface area contributed by atoms with Crippen LogP contribution in [0.5, 0.6) is 0 Å². The van der Waals surface area contributed by atoms with Gasteiger partial charge in [0.2, 0.25) is 6.04 Å². The number of likely N-dealkylation sites (tertiary alicyclic amines) is 1. The van der Waals surface area contributed by atoms with Gasteiger partial charge >= 0.3 is 17.8 Å². The van der Waals surface area contributed by atoms with E-state index in [1.165, 1.54) is 11.8 Å². The lowest BCUT2D eigenvalue weighted by Crippen LogP contribution is -2.70. The van der Waals surface area contributed by atoms with Crippen LogP contribution in [0.1, 0.15) is 39.0 Å². The van der Waals surface area contributed by atoms with Gasteiger partial charge in [0.1, 0.15) is 6.04 Å². The molecule has 1 aromatic carbocycles. The van der Waals surface area contributed by atoms with Crippen LogP contribution in [-0.4, -0.2) is 71.0 Å². The maximum atomic E-state index is 13.7. The molecule has 1 aromatic rings. The Morgan fingerprint density at radius 1 is 1.26 bits per heavy atom. The summed E-state index contributed by atoms with van der Waals surface area (Å²) in [5, 5.41) is 9.96. The van der Waals surface area contributed by atoms with Crippen molar-refractivity contribution in [3.8, 4) is 0 Å². The minimum Gasteiger partial charge on any atom is -0.477 e. The molecular weight excluding hydrogens is 418 g/mol. The Labute approximate surface area is 187 Å². The highest BCUT2D eigenvalue weighted by atomic mass is 32.2. The van der Waals surface area contributed by atoms with Crippen LogP contribution < -0.4 is 11.5 Å². The van der Waals surface area contributed by atoms with E-state index < -0.39 is 40.5 Å². The first-order valence-corrected chi connectivity index (χ1v) is 11.8. The Morgan fingerprint density at radius 2 is 1.97 bits per heavy atom. The molecular formula is C22H34N3O5S+. The van der Waals surface area contributed by atoms with Crippen LogP contribution in [0.3, 0.4) is 0 Å². The van der Waals surface area contributed by atoms with Crippen molar-refractivity contribution in [2.75, 3.05) is 25.4 Å². The molecule has 5 N–H and O–H groups in total. The predicted molar refractivity (Wildman–Crippen MR) is 119 cm³/mol. The summed E-state index contributed by atoms with van der Waals surface area (Å²) in [5.41, 5.74) is 11.8. The number of hydrogen-bond donors (Lipinski definition) is 3. The standard InChI is InChI=1S/C22H33N3O5S/c1-2-30-22(29)19(15-31-16-9-4-3-5-10-16)25(14-8-12-18(25)21(27)28)20(26)17(24)11-6-7-13-23/h3-5,9-10,17-19H,2,6-8,11-15,23-24H2,1H3/p+1/t17-,18-,19?,25?/m0/s1. The molecule has 0 bridgehead atoms. The number of amides is 1. The van der Waals surface area contributed by atoms with Crippen LogP contribution in [0.4, 0.5) is 0 Å². The van der Waals surface area contributed by atoms with E-state index in [2.05, 4.69) is 0 Å². The van der Waals surface area contributed by atoms with E-state index in [-0.39, 0.29) is 18.9 Å². The number of esters is 1. The average Bonchev–Trinajstić information content (AvgIpc) is 3.20. The van der Waals surface area contributed by atoms with Crippen molar-refractivity contribution < 1.29 is 28.7 Å². The smallest absolute Gasteiger partial charge is 0.366 e. The molecule has 1 aliphatic rings. The molecule has 9 heteroatoms. The summed E-state index contributed by atoms with van der Waals surface area (Å²) in [4.78, 5) is 39.8. The molecule has 1 heterocycles. The summed E-state index contributed by atoms with van der Waals surface area (Å²) in [6, 6.07) is 6.69. The number of nitrogens with zero attached hydrogens (tertiary/aromatic N) is 1. The maximum absolute atomic E-state index is 13.7. The van der Waals surface area contributed by atoms with Crippen LogP contribution in [0.15, 0.2) is 35.2 Å². The maximum Gasteiger partial charge on any atom is 0.366 e. The Balaban J connectivity index is 2.41. The second-order valence-corrected chi connectivity index (χ2v) is 8.86. The van der Waals surface area contributed by atoms with Crippen molar-refractivity contribution in [2.24, 2.45) is 11.5 Å². The van der Waals surface area contributed by atoms with Gasteiger partial charge in [-0.2, -0.15) is 0 Å². The molecule has 2 unspecified atom stereocenters. The van der Waals surface area contributed by atoms with E-state index in [1.807, 2.05) is 30.3 Å². The number of carbonyl (C=O) groups excluding carboxylic acids is 2. The second kappa shape index (κ2) is 12.2. The number of carbonyl (C=O) groups is 3. The van der Waals surface area contributed by atoms with Gasteiger partial charge in [0, 0.05) is 17.7 Å². The molecule has 0 saturated carbocycles. The van der Waals surface area contributed by atoms with Crippen LogP contribution in [0, 0.1) is 0 Å². The van der Waals surface area contributed by atoms with Crippen LogP contribution >= 0.6 is 11.8 Å².